The molecule has 2 fully saturated rings. The number of ether oxygens (including phenoxy) is 3. The Morgan fingerprint density at radius 1 is 1.14 bits per heavy atom. The maximum absolute atomic E-state index is 12.6. The summed E-state index contributed by atoms with van der Waals surface area (Å²) in [7, 11) is 0. The molecule has 0 spiro atoms. The van der Waals surface area contributed by atoms with Gasteiger partial charge in [-0.25, -0.2) is 4.79 Å². The van der Waals surface area contributed by atoms with Gasteiger partial charge in [-0.3, -0.25) is 4.79 Å². The first-order chi connectivity index (χ1) is 14.1. The summed E-state index contributed by atoms with van der Waals surface area (Å²) in [5, 5.41) is 0.428. The number of carbonyl (C=O) groups excluding carboxylic acids is 2. The lowest BCUT2D eigenvalue weighted by molar-refractivity contribution is -0.151. The molecule has 0 unspecified atom stereocenters. The van der Waals surface area contributed by atoms with Crippen LogP contribution < -0.4 is 9.47 Å². The number of fused-ring (bicyclic) bond motifs is 2. The van der Waals surface area contributed by atoms with E-state index < -0.39 is 5.97 Å². The Balaban J connectivity index is 1.32. The van der Waals surface area contributed by atoms with Gasteiger partial charge < -0.3 is 19.1 Å². The summed E-state index contributed by atoms with van der Waals surface area (Å²) in [5.41, 5.74) is 0.698. The molecule has 0 radical (unpaired) electrons. The molecule has 0 N–H and O–H groups in total. The third kappa shape index (κ3) is 4.69. The number of halogens is 1. The minimum atomic E-state index is -0.554. The molecular weight excluding hydrogens is 394 g/mol. The van der Waals surface area contributed by atoms with Gasteiger partial charge in [0.25, 0.3) is 5.91 Å². The van der Waals surface area contributed by atoms with Crippen LogP contribution in [0.1, 0.15) is 44.1 Å². The van der Waals surface area contributed by atoms with E-state index in [-0.39, 0.29) is 12.5 Å². The zero-order valence-corrected chi connectivity index (χ0v) is 17.2. The SMILES string of the molecule is O=C(/C=C/c1cc(Cl)c2c(c1)OCCO2)OCC(=O)N1CCC[C@H]2CCCC[C@@H]21. The highest BCUT2D eigenvalue weighted by Gasteiger charge is 2.35. The number of benzene rings is 1. The summed E-state index contributed by atoms with van der Waals surface area (Å²) in [4.78, 5) is 26.6. The quantitative estimate of drug-likeness (QED) is 0.548. The van der Waals surface area contributed by atoms with Crippen molar-refractivity contribution < 1.29 is 23.8 Å². The Bertz CT molecular complexity index is 807. The van der Waals surface area contributed by atoms with E-state index in [1.54, 1.807) is 18.2 Å². The standard InChI is InChI=1S/C22H26ClNO5/c23-17-12-15(13-19-22(17)28-11-10-27-19)7-8-21(26)29-14-20(25)24-9-3-5-16-4-1-2-6-18(16)24/h7-8,12-13,16,18H,1-6,9-11,14H2/b8-7+/t16-,18+/m1/s1. The molecule has 0 bridgehead atoms. The van der Waals surface area contributed by atoms with Crippen LogP contribution in [0.3, 0.4) is 0 Å². The predicted octanol–water partition coefficient (Wildman–Crippen LogP) is 3.85. The van der Waals surface area contributed by atoms with E-state index in [0.717, 1.165) is 19.4 Å². The van der Waals surface area contributed by atoms with Crippen molar-refractivity contribution in [2.45, 2.75) is 44.6 Å². The molecule has 7 heteroatoms. The number of amides is 1. The van der Waals surface area contributed by atoms with Gasteiger partial charge in [-0.05, 0) is 55.4 Å². The van der Waals surface area contributed by atoms with E-state index in [1.165, 1.54) is 31.8 Å². The number of nitrogens with zero attached hydrogens (tertiary/aromatic N) is 1. The van der Waals surface area contributed by atoms with Gasteiger partial charge in [0.2, 0.25) is 0 Å². The molecule has 2 aliphatic heterocycles. The van der Waals surface area contributed by atoms with Crippen LogP contribution in [0, 0.1) is 5.92 Å². The van der Waals surface area contributed by atoms with Gasteiger partial charge in [-0.2, -0.15) is 0 Å². The summed E-state index contributed by atoms with van der Waals surface area (Å²) in [6.45, 7) is 1.47. The molecule has 1 aromatic rings. The molecule has 2 heterocycles. The molecular formula is C22H26ClNO5. The van der Waals surface area contributed by atoms with Crippen molar-refractivity contribution in [3.63, 3.8) is 0 Å². The largest absolute Gasteiger partial charge is 0.486 e. The molecule has 1 aromatic carbocycles. The first-order valence-corrected chi connectivity index (χ1v) is 10.7. The van der Waals surface area contributed by atoms with Gasteiger partial charge in [-0.15, -0.1) is 0 Å². The highest BCUT2D eigenvalue weighted by molar-refractivity contribution is 6.32. The zero-order chi connectivity index (χ0) is 20.2. The lowest BCUT2D eigenvalue weighted by Gasteiger charge is -2.44. The van der Waals surface area contributed by atoms with Crippen LogP contribution in [0.25, 0.3) is 6.08 Å². The molecule has 1 aliphatic carbocycles. The highest BCUT2D eigenvalue weighted by atomic mass is 35.5. The highest BCUT2D eigenvalue weighted by Crippen LogP contribution is 2.38. The summed E-state index contributed by atoms with van der Waals surface area (Å²) >= 11 is 6.20. The number of piperidine rings is 1. The Morgan fingerprint density at radius 2 is 1.93 bits per heavy atom. The second kappa shape index (κ2) is 9.08. The van der Waals surface area contributed by atoms with Crippen molar-refractivity contribution in [1.82, 2.24) is 4.90 Å². The smallest absolute Gasteiger partial charge is 0.331 e. The maximum Gasteiger partial charge on any atom is 0.331 e. The second-order valence-electron chi connectivity index (χ2n) is 7.81. The van der Waals surface area contributed by atoms with Crippen LogP contribution in [0.5, 0.6) is 11.5 Å². The molecule has 1 saturated carbocycles. The maximum atomic E-state index is 12.6. The van der Waals surface area contributed by atoms with Gasteiger partial charge in [0, 0.05) is 18.7 Å². The first kappa shape index (κ1) is 20.1. The van der Waals surface area contributed by atoms with Crippen LogP contribution in [-0.4, -0.2) is 49.2 Å². The average molecular weight is 420 g/mol. The van der Waals surface area contributed by atoms with Crippen LogP contribution in [0.15, 0.2) is 18.2 Å². The number of hydrogen-bond donors (Lipinski definition) is 0. The van der Waals surface area contributed by atoms with Gasteiger partial charge in [0.05, 0.1) is 5.02 Å². The zero-order valence-electron chi connectivity index (χ0n) is 16.4. The topological polar surface area (TPSA) is 65.1 Å². The van der Waals surface area contributed by atoms with Crippen LogP contribution in [0.4, 0.5) is 0 Å². The summed E-state index contributed by atoms with van der Waals surface area (Å²) in [6.07, 6.45) is 9.83. The molecule has 1 amide bonds. The van der Waals surface area contributed by atoms with Gasteiger partial charge in [0.15, 0.2) is 18.1 Å². The lowest BCUT2D eigenvalue weighted by atomic mass is 9.78. The minimum absolute atomic E-state index is 0.0919. The third-order valence-corrected chi connectivity index (χ3v) is 6.21. The fourth-order valence-corrected chi connectivity index (χ4v) is 4.86. The first-order valence-electron chi connectivity index (χ1n) is 10.4. The van der Waals surface area contributed by atoms with Crippen molar-refractivity contribution in [3.05, 3.63) is 28.8 Å². The van der Waals surface area contributed by atoms with Crippen molar-refractivity contribution in [2.75, 3.05) is 26.4 Å². The lowest BCUT2D eigenvalue weighted by Crippen LogP contribution is -2.50. The second-order valence-corrected chi connectivity index (χ2v) is 8.22. The summed E-state index contributed by atoms with van der Waals surface area (Å²) in [6, 6.07) is 3.77. The number of carbonyl (C=O) groups is 2. The van der Waals surface area contributed by atoms with Gasteiger partial charge in [-0.1, -0.05) is 24.4 Å². The third-order valence-electron chi connectivity index (χ3n) is 5.93. The number of esters is 1. The molecule has 29 heavy (non-hydrogen) atoms. The minimum Gasteiger partial charge on any atom is -0.486 e. The van der Waals surface area contributed by atoms with E-state index >= 15 is 0 Å². The number of hydrogen-bond acceptors (Lipinski definition) is 5. The molecule has 156 valence electrons. The molecule has 0 aromatic heterocycles. The molecule has 6 nitrogen and oxygen atoms in total. The molecule has 1 saturated heterocycles. The van der Waals surface area contributed by atoms with Crippen molar-refractivity contribution in [3.8, 4) is 11.5 Å². The summed E-state index contributed by atoms with van der Waals surface area (Å²) < 4.78 is 16.2. The van der Waals surface area contributed by atoms with Crippen molar-refractivity contribution in [2.24, 2.45) is 5.92 Å². The van der Waals surface area contributed by atoms with Crippen molar-refractivity contribution >= 4 is 29.6 Å². The predicted molar refractivity (Wildman–Crippen MR) is 109 cm³/mol. The van der Waals surface area contributed by atoms with Crippen LogP contribution >= 0.6 is 11.6 Å². The summed E-state index contributed by atoms with van der Waals surface area (Å²) in [5.74, 6) is 1.04. The number of rotatable bonds is 4. The van der Waals surface area contributed by atoms with E-state index in [9.17, 15) is 9.59 Å². The fraction of sp³-hybridized carbons (Fsp3) is 0.545. The monoisotopic (exact) mass is 419 g/mol. The van der Waals surface area contributed by atoms with E-state index in [2.05, 4.69) is 0 Å². The number of likely N-dealkylation sites (tertiary alicyclic amines) is 1. The van der Waals surface area contributed by atoms with Crippen molar-refractivity contribution in [1.29, 1.82) is 0 Å². The van der Waals surface area contributed by atoms with Gasteiger partial charge in [0.1, 0.15) is 13.2 Å². The fourth-order valence-electron chi connectivity index (χ4n) is 4.59. The van der Waals surface area contributed by atoms with E-state index in [1.807, 2.05) is 4.90 Å². The Hall–Kier alpha value is -2.21. The van der Waals surface area contributed by atoms with Crippen LogP contribution in [0.2, 0.25) is 5.02 Å². The van der Waals surface area contributed by atoms with Crippen LogP contribution in [-0.2, 0) is 14.3 Å². The molecule has 3 aliphatic rings. The Morgan fingerprint density at radius 3 is 2.83 bits per heavy atom. The molecule has 2 atom stereocenters. The molecule has 4 rings (SSSR count). The average Bonchev–Trinajstić information content (AvgIpc) is 2.75. The Kier molecular flexibility index (Phi) is 6.28. The van der Waals surface area contributed by atoms with E-state index in [0.29, 0.717) is 47.3 Å². The Labute approximate surface area is 175 Å². The van der Waals surface area contributed by atoms with Gasteiger partial charge >= 0.3 is 5.97 Å². The van der Waals surface area contributed by atoms with E-state index in [4.69, 9.17) is 25.8 Å². The normalized spacial score (nSPS) is 23.6.